The molecule has 15 nitrogen and oxygen atoms in total. The SMILES string of the molecule is COc1cc(O)c2c(=O)c3c(O)c(O[C@H]4O[C@@H](CO[C@@H]5OC[C@@H](O)[C@H](O)[C@H]5O)[C@H](O)[C@@H](O)[C@@H]4O)ccc3oc2c1. The Morgan fingerprint density at radius 2 is 1.60 bits per heavy atom. The van der Waals surface area contributed by atoms with E-state index in [1.807, 2.05) is 0 Å². The van der Waals surface area contributed by atoms with Crippen LogP contribution in [0, 0.1) is 0 Å². The van der Waals surface area contributed by atoms with Gasteiger partial charge in [0, 0.05) is 12.1 Å². The molecule has 2 aliphatic heterocycles. The van der Waals surface area contributed by atoms with Crippen LogP contribution in [0.25, 0.3) is 21.9 Å². The molecule has 218 valence electrons. The molecule has 0 saturated carbocycles. The monoisotopic (exact) mass is 568 g/mol. The van der Waals surface area contributed by atoms with Gasteiger partial charge in [-0.2, -0.15) is 0 Å². The standard InChI is InChI=1S/C25H28O15/c1-35-8-4-9(26)15-13(5-8)38-11-2-3-12(18(29)16(11)20(15)31)39-25-23(34)21(32)19(30)14(40-25)7-37-24-22(33)17(28)10(27)6-36-24/h2-5,10,14,17,19,21-30,32-34H,6-7H2,1H3/t10-,14+,17+,19+,21-,22-,23+,24+,25+/m1/s1. The van der Waals surface area contributed by atoms with Crippen LogP contribution in [0.4, 0.5) is 0 Å². The first kappa shape index (κ1) is 28.3. The number of aliphatic hydroxyl groups excluding tert-OH is 6. The molecule has 1 aromatic heterocycles. The summed E-state index contributed by atoms with van der Waals surface area (Å²) in [6.45, 7) is -0.850. The molecule has 0 unspecified atom stereocenters. The summed E-state index contributed by atoms with van der Waals surface area (Å²) >= 11 is 0. The Bertz CT molecular complexity index is 1440. The van der Waals surface area contributed by atoms with Crippen molar-refractivity contribution in [2.24, 2.45) is 0 Å². The lowest BCUT2D eigenvalue weighted by atomic mass is 9.99. The molecule has 0 radical (unpaired) electrons. The van der Waals surface area contributed by atoms with E-state index >= 15 is 0 Å². The highest BCUT2D eigenvalue weighted by Gasteiger charge is 2.46. The summed E-state index contributed by atoms with van der Waals surface area (Å²) in [7, 11) is 1.37. The van der Waals surface area contributed by atoms with Crippen LogP contribution in [-0.2, 0) is 14.2 Å². The molecule has 8 N–H and O–H groups in total. The summed E-state index contributed by atoms with van der Waals surface area (Å²) in [6.07, 6.45) is -14.2. The van der Waals surface area contributed by atoms with Gasteiger partial charge in [-0.3, -0.25) is 4.79 Å². The van der Waals surface area contributed by atoms with Crippen molar-refractivity contribution in [3.05, 3.63) is 34.5 Å². The van der Waals surface area contributed by atoms with Crippen molar-refractivity contribution in [2.45, 2.75) is 55.3 Å². The molecule has 15 heteroatoms. The van der Waals surface area contributed by atoms with E-state index in [0.717, 1.165) is 0 Å². The second-order valence-corrected chi connectivity index (χ2v) is 9.45. The summed E-state index contributed by atoms with van der Waals surface area (Å²) in [4.78, 5) is 13.2. The summed E-state index contributed by atoms with van der Waals surface area (Å²) < 4.78 is 32.3. The van der Waals surface area contributed by atoms with Crippen molar-refractivity contribution in [2.75, 3.05) is 20.3 Å². The molecule has 2 saturated heterocycles. The minimum atomic E-state index is -1.82. The van der Waals surface area contributed by atoms with E-state index in [2.05, 4.69) is 0 Å². The van der Waals surface area contributed by atoms with Crippen LogP contribution >= 0.6 is 0 Å². The molecular weight excluding hydrogens is 540 g/mol. The molecule has 0 spiro atoms. The van der Waals surface area contributed by atoms with Crippen LogP contribution in [0.15, 0.2) is 33.5 Å². The Labute approximate surface area is 224 Å². The third kappa shape index (κ3) is 4.91. The Kier molecular flexibility index (Phi) is 7.75. The average Bonchev–Trinajstić information content (AvgIpc) is 2.93. The Balaban J connectivity index is 1.39. The fourth-order valence-corrected chi connectivity index (χ4v) is 4.59. The van der Waals surface area contributed by atoms with E-state index in [4.69, 9.17) is 28.1 Å². The number of methoxy groups -OCH3 is 1. The van der Waals surface area contributed by atoms with Gasteiger partial charge in [0.25, 0.3) is 0 Å². The highest BCUT2D eigenvalue weighted by molar-refractivity contribution is 5.97. The fourth-order valence-electron chi connectivity index (χ4n) is 4.59. The van der Waals surface area contributed by atoms with Crippen LogP contribution < -0.4 is 14.9 Å². The van der Waals surface area contributed by atoms with E-state index in [1.165, 1.54) is 31.4 Å². The molecule has 2 aliphatic rings. The molecule has 0 amide bonds. The summed E-state index contributed by atoms with van der Waals surface area (Å²) in [6, 6.07) is 5.09. The number of hydrogen-bond acceptors (Lipinski definition) is 15. The normalized spacial score (nSPS) is 32.8. The molecule has 2 aromatic carbocycles. The first-order valence-electron chi connectivity index (χ1n) is 12.1. The van der Waals surface area contributed by atoms with Gasteiger partial charge in [-0.15, -0.1) is 0 Å². The van der Waals surface area contributed by atoms with Crippen molar-refractivity contribution in [3.8, 4) is 23.0 Å². The van der Waals surface area contributed by atoms with Gasteiger partial charge in [0.2, 0.25) is 11.7 Å². The van der Waals surface area contributed by atoms with Crippen LogP contribution in [-0.4, -0.2) is 116 Å². The van der Waals surface area contributed by atoms with E-state index < -0.39 is 78.8 Å². The van der Waals surface area contributed by atoms with Gasteiger partial charge in [0.1, 0.15) is 76.2 Å². The summed E-state index contributed by atoms with van der Waals surface area (Å²) in [5, 5.41) is 81.2. The first-order chi connectivity index (χ1) is 19.0. The van der Waals surface area contributed by atoms with E-state index in [-0.39, 0.29) is 40.0 Å². The number of ether oxygens (including phenoxy) is 5. The van der Waals surface area contributed by atoms with Gasteiger partial charge in [0.05, 0.1) is 20.3 Å². The maximum absolute atomic E-state index is 13.2. The minimum Gasteiger partial charge on any atom is -0.507 e. The lowest BCUT2D eigenvalue weighted by Crippen LogP contribution is -2.61. The fraction of sp³-hybridized carbons (Fsp3) is 0.480. The molecule has 2 fully saturated rings. The largest absolute Gasteiger partial charge is 0.507 e. The molecule has 0 bridgehead atoms. The van der Waals surface area contributed by atoms with Gasteiger partial charge in [-0.1, -0.05) is 0 Å². The van der Waals surface area contributed by atoms with Gasteiger partial charge in [0.15, 0.2) is 17.8 Å². The van der Waals surface area contributed by atoms with Crippen molar-refractivity contribution in [1.82, 2.24) is 0 Å². The zero-order valence-corrected chi connectivity index (χ0v) is 20.9. The Morgan fingerprint density at radius 1 is 0.875 bits per heavy atom. The molecular formula is C25H28O15. The number of aromatic hydroxyl groups is 2. The third-order valence-corrected chi connectivity index (χ3v) is 6.86. The van der Waals surface area contributed by atoms with E-state index in [9.17, 15) is 45.6 Å². The molecule has 3 heterocycles. The van der Waals surface area contributed by atoms with Crippen molar-refractivity contribution < 1.29 is 69.0 Å². The van der Waals surface area contributed by atoms with Crippen LogP contribution in [0.3, 0.4) is 0 Å². The van der Waals surface area contributed by atoms with E-state index in [1.54, 1.807) is 0 Å². The summed E-state index contributed by atoms with van der Waals surface area (Å²) in [5.41, 5.74) is -0.841. The topological polar surface area (TPSA) is 238 Å². The minimum absolute atomic E-state index is 0.00231. The Hall–Kier alpha value is -3.25. The lowest BCUT2D eigenvalue weighted by molar-refractivity contribution is -0.307. The maximum Gasteiger partial charge on any atom is 0.229 e. The number of benzene rings is 2. The average molecular weight is 568 g/mol. The second kappa shape index (κ2) is 11.0. The second-order valence-electron chi connectivity index (χ2n) is 9.45. The highest BCUT2D eigenvalue weighted by Crippen LogP contribution is 2.38. The van der Waals surface area contributed by atoms with Crippen molar-refractivity contribution in [3.63, 3.8) is 0 Å². The van der Waals surface area contributed by atoms with E-state index in [0.29, 0.717) is 0 Å². The maximum atomic E-state index is 13.2. The zero-order chi connectivity index (χ0) is 28.9. The first-order valence-corrected chi connectivity index (χ1v) is 12.1. The Morgan fingerprint density at radius 3 is 2.33 bits per heavy atom. The summed E-state index contributed by atoms with van der Waals surface area (Å²) in [5.74, 6) is -1.28. The lowest BCUT2D eigenvalue weighted by Gasteiger charge is -2.41. The predicted molar refractivity (Wildman–Crippen MR) is 131 cm³/mol. The molecule has 9 atom stereocenters. The van der Waals surface area contributed by atoms with Crippen molar-refractivity contribution >= 4 is 21.9 Å². The number of fused-ring (bicyclic) bond motifs is 2. The number of hydrogen-bond donors (Lipinski definition) is 8. The third-order valence-electron chi connectivity index (χ3n) is 6.86. The zero-order valence-electron chi connectivity index (χ0n) is 20.9. The number of rotatable bonds is 6. The number of phenolic OH excluding ortho intramolecular Hbond substituents is 2. The molecule has 0 aliphatic carbocycles. The number of aliphatic hydroxyl groups is 6. The quantitative estimate of drug-likeness (QED) is 0.150. The molecule has 3 aromatic rings. The van der Waals surface area contributed by atoms with Gasteiger partial charge >= 0.3 is 0 Å². The van der Waals surface area contributed by atoms with Gasteiger partial charge in [-0.25, -0.2) is 0 Å². The molecule has 40 heavy (non-hydrogen) atoms. The van der Waals surface area contributed by atoms with Crippen molar-refractivity contribution in [1.29, 1.82) is 0 Å². The predicted octanol–water partition coefficient (Wildman–Crippen LogP) is -1.99. The molecule has 5 rings (SSSR count). The van der Waals surface area contributed by atoms with Crippen LogP contribution in [0.1, 0.15) is 0 Å². The van der Waals surface area contributed by atoms with Gasteiger partial charge in [-0.05, 0) is 12.1 Å². The van der Waals surface area contributed by atoms with Crippen LogP contribution in [0.2, 0.25) is 0 Å². The number of phenols is 2. The van der Waals surface area contributed by atoms with Gasteiger partial charge < -0.3 is 69.0 Å². The highest BCUT2D eigenvalue weighted by atomic mass is 16.7. The van der Waals surface area contributed by atoms with Crippen LogP contribution in [0.5, 0.6) is 23.0 Å². The smallest absolute Gasteiger partial charge is 0.229 e.